The Kier molecular flexibility index (Phi) is 5.46. The second kappa shape index (κ2) is 7.97. The lowest BCUT2D eigenvalue weighted by Crippen LogP contribution is -2.39. The number of carbonyl (C=O) groups excluding carboxylic acids is 1. The number of hydrogen-bond donors (Lipinski definition) is 1. The Hall–Kier alpha value is -1.59. The van der Waals surface area contributed by atoms with Crippen LogP contribution in [0.1, 0.15) is 49.4 Å². The molecule has 142 valence electrons. The molecule has 0 spiro atoms. The Bertz CT molecular complexity index is 612. The van der Waals surface area contributed by atoms with Crippen LogP contribution in [-0.2, 0) is 4.74 Å². The van der Waals surface area contributed by atoms with Gasteiger partial charge in [0, 0.05) is 55.7 Å². The van der Waals surface area contributed by atoms with Gasteiger partial charge in [0.15, 0.2) is 0 Å². The Morgan fingerprint density at radius 1 is 1.08 bits per heavy atom. The van der Waals surface area contributed by atoms with Gasteiger partial charge < -0.3 is 15.0 Å². The predicted octanol–water partition coefficient (Wildman–Crippen LogP) is 2.66. The zero-order chi connectivity index (χ0) is 17.9. The van der Waals surface area contributed by atoms with E-state index in [4.69, 9.17) is 4.74 Å². The molecular weight excluding hydrogens is 326 g/mol. The summed E-state index contributed by atoms with van der Waals surface area (Å²) in [5.41, 5.74) is 1.99. The van der Waals surface area contributed by atoms with E-state index < -0.39 is 0 Å². The van der Waals surface area contributed by atoms with E-state index in [2.05, 4.69) is 34.2 Å². The second-order valence-corrected chi connectivity index (χ2v) is 8.02. The fraction of sp³-hybridized carbons (Fsp3) is 0.667. The van der Waals surface area contributed by atoms with Crippen molar-refractivity contribution in [3.63, 3.8) is 0 Å². The zero-order valence-corrected chi connectivity index (χ0v) is 15.8. The van der Waals surface area contributed by atoms with Crippen LogP contribution in [0.5, 0.6) is 0 Å². The van der Waals surface area contributed by atoms with Gasteiger partial charge in [-0.15, -0.1) is 0 Å². The quantitative estimate of drug-likeness (QED) is 0.900. The number of benzene rings is 1. The summed E-state index contributed by atoms with van der Waals surface area (Å²) in [6.45, 7) is 7.33. The molecule has 0 aromatic heterocycles. The van der Waals surface area contributed by atoms with Gasteiger partial charge in [-0.3, -0.25) is 9.69 Å². The van der Waals surface area contributed by atoms with Crippen molar-refractivity contribution in [3.8, 4) is 0 Å². The molecule has 3 aliphatic rings. The van der Waals surface area contributed by atoms with Crippen molar-refractivity contribution >= 4 is 11.6 Å². The lowest BCUT2D eigenvalue weighted by molar-refractivity contribution is 0.0696. The van der Waals surface area contributed by atoms with Crippen LogP contribution in [-0.4, -0.2) is 61.8 Å². The molecule has 5 nitrogen and oxygen atoms in total. The summed E-state index contributed by atoms with van der Waals surface area (Å²) in [4.78, 5) is 17.6. The van der Waals surface area contributed by atoms with Crippen molar-refractivity contribution < 1.29 is 9.53 Å². The molecule has 1 amide bonds. The highest BCUT2D eigenvalue weighted by molar-refractivity contribution is 5.94. The molecule has 1 N–H and O–H groups in total. The standard InChI is InChI=1S/C21H31N3O2/c1-16-3-2-11-24(16)20-8-12-23(15-20)19-6-4-17(5-7-19)21(25)22-18-9-13-26-14-10-18/h4-7,16,18,20H,2-3,8-15H2,1H3,(H,22,25). The van der Waals surface area contributed by atoms with Gasteiger partial charge in [-0.25, -0.2) is 0 Å². The Balaban J connectivity index is 1.33. The third-order valence-electron chi connectivity index (χ3n) is 6.29. The highest BCUT2D eigenvalue weighted by atomic mass is 16.5. The topological polar surface area (TPSA) is 44.8 Å². The number of ether oxygens (including phenoxy) is 1. The minimum absolute atomic E-state index is 0.0358. The summed E-state index contributed by atoms with van der Waals surface area (Å²) in [5.74, 6) is 0.0358. The molecule has 0 bridgehead atoms. The first-order valence-corrected chi connectivity index (χ1v) is 10.2. The van der Waals surface area contributed by atoms with Gasteiger partial charge in [0.05, 0.1) is 0 Å². The van der Waals surface area contributed by atoms with Gasteiger partial charge in [0.25, 0.3) is 5.91 Å². The van der Waals surface area contributed by atoms with Gasteiger partial charge in [-0.1, -0.05) is 0 Å². The van der Waals surface area contributed by atoms with Crippen LogP contribution in [0.3, 0.4) is 0 Å². The minimum Gasteiger partial charge on any atom is -0.381 e. The number of likely N-dealkylation sites (tertiary alicyclic amines) is 1. The van der Waals surface area contributed by atoms with E-state index in [1.165, 1.54) is 31.5 Å². The van der Waals surface area contributed by atoms with Gasteiger partial charge >= 0.3 is 0 Å². The van der Waals surface area contributed by atoms with Crippen LogP contribution in [0, 0.1) is 0 Å². The van der Waals surface area contributed by atoms with Gasteiger partial charge in [0.1, 0.15) is 0 Å². The summed E-state index contributed by atoms with van der Waals surface area (Å²) in [7, 11) is 0. The van der Waals surface area contributed by atoms with Gasteiger partial charge in [-0.2, -0.15) is 0 Å². The maximum Gasteiger partial charge on any atom is 0.251 e. The van der Waals surface area contributed by atoms with Crippen LogP contribution >= 0.6 is 0 Å². The molecule has 4 rings (SSSR count). The first-order chi connectivity index (χ1) is 12.7. The van der Waals surface area contributed by atoms with E-state index in [-0.39, 0.29) is 11.9 Å². The Labute approximate surface area is 156 Å². The third kappa shape index (κ3) is 3.89. The van der Waals surface area contributed by atoms with Gasteiger partial charge in [-0.05, 0) is 69.8 Å². The van der Waals surface area contributed by atoms with Crippen LogP contribution < -0.4 is 10.2 Å². The molecule has 0 saturated carbocycles. The minimum atomic E-state index is 0.0358. The monoisotopic (exact) mass is 357 g/mol. The molecule has 2 unspecified atom stereocenters. The third-order valence-corrected chi connectivity index (χ3v) is 6.29. The molecule has 0 radical (unpaired) electrons. The summed E-state index contributed by atoms with van der Waals surface area (Å²) in [5, 5.41) is 3.13. The molecule has 2 atom stereocenters. The first kappa shape index (κ1) is 17.8. The number of hydrogen-bond acceptors (Lipinski definition) is 4. The molecule has 3 fully saturated rings. The van der Waals surface area contributed by atoms with Crippen molar-refractivity contribution in [1.29, 1.82) is 0 Å². The van der Waals surface area contributed by atoms with Crippen LogP contribution in [0.2, 0.25) is 0 Å². The molecule has 0 aliphatic carbocycles. The average molecular weight is 357 g/mol. The summed E-state index contributed by atoms with van der Waals surface area (Å²) in [6.07, 6.45) is 5.75. The van der Waals surface area contributed by atoms with Crippen molar-refractivity contribution in [2.45, 2.75) is 57.2 Å². The summed E-state index contributed by atoms with van der Waals surface area (Å²) < 4.78 is 5.35. The SMILES string of the molecule is CC1CCCN1C1CCN(c2ccc(C(=O)NC3CCOCC3)cc2)C1. The lowest BCUT2D eigenvalue weighted by Gasteiger charge is -2.28. The van der Waals surface area contributed by atoms with E-state index in [0.29, 0.717) is 6.04 Å². The van der Waals surface area contributed by atoms with Crippen LogP contribution in [0.15, 0.2) is 24.3 Å². The van der Waals surface area contributed by atoms with E-state index >= 15 is 0 Å². The number of nitrogens with zero attached hydrogens (tertiary/aromatic N) is 2. The number of carbonyl (C=O) groups is 1. The van der Waals surface area contributed by atoms with Crippen molar-refractivity contribution in [3.05, 3.63) is 29.8 Å². The second-order valence-electron chi connectivity index (χ2n) is 8.02. The molecule has 3 heterocycles. The normalized spacial score (nSPS) is 27.8. The van der Waals surface area contributed by atoms with Crippen molar-refractivity contribution in [1.82, 2.24) is 10.2 Å². The first-order valence-electron chi connectivity index (χ1n) is 10.2. The molecule has 1 aromatic carbocycles. The van der Waals surface area contributed by atoms with Gasteiger partial charge in [0.2, 0.25) is 0 Å². The smallest absolute Gasteiger partial charge is 0.251 e. The highest BCUT2D eigenvalue weighted by Gasteiger charge is 2.32. The van der Waals surface area contributed by atoms with E-state index in [1.54, 1.807) is 0 Å². The highest BCUT2D eigenvalue weighted by Crippen LogP contribution is 2.28. The molecule has 3 saturated heterocycles. The molecule has 3 aliphatic heterocycles. The summed E-state index contributed by atoms with van der Waals surface area (Å²) >= 11 is 0. The largest absolute Gasteiger partial charge is 0.381 e. The number of rotatable bonds is 4. The Morgan fingerprint density at radius 2 is 1.85 bits per heavy atom. The average Bonchev–Trinajstić information content (AvgIpc) is 3.31. The molecular formula is C21H31N3O2. The van der Waals surface area contributed by atoms with Crippen LogP contribution in [0.25, 0.3) is 0 Å². The number of nitrogens with one attached hydrogen (secondary N) is 1. The van der Waals surface area contributed by atoms with Crippen LogP contribution in [0.4, 0.5) is 5.69 Å². The van der Waals surface area contributed by atoms with E-state index in [0.717, 1.165) is 50.8 Å². The van der Waals surface area contributed by atoms with Crippen molar-refractivity contribution in [2.24, 2.45) is 0 Å². The predicted molar refractivity (Wildman–Crippen MR) is 104 cm³/mol. The molecule has 1 aromatic rings. The maximum atomic E-state index is 12.4. The fourth-order valence-electron chi connectivity index (χ4n) is 4.68. The number of amides is 1. The number of anilines is 1. The summed E-state index contributed by atoms with van der Waals surface area (Å²) in [6, 6.07) is 9.81. The van der Waals surface area contributed by atoms with E-state index in [9.17, 15) is 4.79 Å². The van der Waals surface area contributed by atoms with E-state index in [1.807, 2.05) is 12.1 Å². The van der Waals surface area contributed by atoms with Crippen molar-refractivity contribution in [2.75, 3.05) is 37.7 Å². The maximum absolute atomic E-state index is 12.4. The Morgan fingerprint density at radius 3 is 2.54 bits per heavy atom. The molecule has 26 heavy (non-hydrogen) atoms. The molecule has 5 heteroatoms. The lowest BCUT2D eigenvalue weighted by atomic mass is 10.1. The fourth-order valence-corrected chi connectivity index (χ4v) is 4.68. The zero-order valence-electron chi connectivity index (χ0n) is 15.8.